The monoisotopic (exact) mass is 237 g/mol. The fraction of sp³-hybridized carbons (Fsp3) is 0.250. The average molecular weight is 238 g/mol. The Morgan fingerprint density at radius 1 is 1.25 bits per heavy atom. The van der Waals surface area contributed by atoms with Gasteiger partial charge in [-0.2, -0.15) is 0 Å². The highest BCUT2D eigenvalue weighted by atomic mass is 35.5. The number of rotatable bonds is 4. The van der Waals surface area contributed by atoms with E-state index in [4.69, 9.17) is 21.1 Å². The molecule has 0 aliphatic rings. The van der Waals surface area contributed by atoms with E-state index in [1.165, 1.54) is 0 Å². The van der Waals surface area contributed by atoms with Gasteiger partial charge < -0.3 is 9.52 Å². The first-order valence-corrected chi connectivity index (χ1v) is 5.44. The largest absolute Gasteiger partial charge is 0.448 e. The van der Waals surface area contributed by atoms with E-state index in [1.807, 2.05) is 24.3 Å². The number of hydrogen-bond donors (Lipinski definition) is 1. The van der Waals surface area contributed by atoms with Gasteiger partial charge in [0.25, 0.3) is 0 Å². The lowest BCUT2D eigenvalue weighted by Gasteiger charge is -1.96. The van der Waals surface area contributed by atoms with Crippen molar-refractivity contribution in [1.29, 1.82) is 0 Å². The molecule has 1 aromatic carbocycles. The predicted octanol–water partition coefficient (Wildman–Crippen LogP) is 2.45. The summed E-state index contributed by atoms with van der Waals surface area (Å²) in [6.45, 7) is 0.0902. The lowest BCUT2D eigenvalue weighted by atomic mass is 10.1. The van der Waals surface area contributed by atoms with Gasteiger partial charge in [0, 0.05) is 24.5 Å². The second-order valence-corrected chi connectivity index (χ2v) is 3.95. The summed E-state index contributed by atoms with van der Waals surface area (Å²) in [4.78, 5) is 4.26. The SMILES string of the molecule is OCCc1coc(Cc2ccc(Cl)cc2)n1. The summed E-state index contributed by atoms with van der Waals surface area (Å²) in [7, 11) is 0. The van der Waals surface area contributed by atoms with E-state index >= 15 is 0 Å². The Bertz CT molecular complexity index is 450. The van der Waals surface area contributed by atoms with Gasteiger partial charge >= 0.3 is 0 Å². The van der Waals surface area contributed by atoms with E-state index in [2.05, 4.69) is 4.98 Å². The van der Waals surface area contributed by atoms with E-state index in [9.17, 15) is 0 Å². The number of nitrogens with zero attached hydrogens (tertiary/aromatic N) is 1. The van der Waals surface area contributed by atoms with Gasteiger partial charge in [0.2, 0.25) is 0 Å². The molecule has 0 saturated carbocycles. The Morgan fingerprint density at radius 2 is 2.00 bits per heavy atom. The van der Waals surface area contributed by atoms with Gasteiger partial charge in [-0.3, -0.25) is 0 Å². The predicted molar refractivity (Wildman–Crippen MR) is 61.6 cm³/mol. The molecular formula is C12H12ClNO2. The Hall–Kier alpha value is -1.32. The molecular weight excluding hydrogens is 226 g/mol. The maximum atomic E-state index is 8.75. The van der Waals surface area contributed by atoms with E-state index in [-0.39, 0.29) is 6.61 Å². The van der Waals surface area contributed by atoms with Gasteiger partial charge in [0.15, 0.2) is 5.89 Å². The number of hydrogen-bond acceptors (Lipinski definition) is 3. The normalized spacial score (nSPS) is 10.6. The first-order chi connectivity index (χ1) is 7.78. The van der Waals surface area contributed by atoms with Crippen molar-refractivity contribution in [2.75, 3.05) is 6.61 Å². The minimum atomic E-state index is 0.0902. The molecule has 2 aromatic rings. The summed E-state index contributed by atoms with van der Waals surface area (Å²) in [5.74, 6) is 0.658. The number of halogens is 1. The smallest absolute Gasteiger partial charge is 0.198 e. The van der Waals surface area contributed by atoms with Crippen molar-refractivity contribution in [3.05, 3.63) is 52.7 Å². The summed E-state index contributed by atoms with van der Waals surface area (Å²) in [6, 6.07) is 7.57. The maximum Gasteiger partial charge on any atom is 0.198 e. The molecule has 0 unspecified atom stereocenters. The minimum Gasteiger partial charge on any atom is -0.448 e. The molecule has 0 aliphatic heterocycles. The zero-order chi connectivity index (χ0) is 11.4. The molecule has 0 atom stereocenters. The van der Waals surface area contributed by atoms with Crippen molar-refractivity contribution in [3.63, 3.8) is 0 Å². The molecule has 16 heavy (non-hydrogen) atoms. The quantitative estimate of drug-likeness (QED) is 0.889. The number of oxazole rings is 1. The van der Waals surface area contributed by atoms with Crippen molar-refractivity contribution >= 4 is 11.6 Å². The van der Waals surface area contributed by atoms with Gasteiger partial charge in [-0.05, 0) is 17.7 Å². The molecule has 0 fully saturated rings. The van der Waals surface area contributed by atoms with Gasteiger partial charge in [-0.1, -0.05) is 23.7 Å². The third-order valence-corrected chi connectivity index (χ3v) is 2.49. The molecule has 2 rings (SSSR count). The van der Waals surface area contributed by atoms with Crippen LogP contribution in [-0.4, -0.2) is 16.7 Å². The molecule has 3 nitrogen and oxygen atoms in total. The molecule has 1 aromatic heterocycles. The molecule has 0 saturated heterocycles. The van der Waals surface area contributed by atoms with Gasteiger partial charge in [-0.15, -0.1) is 0 Å². The Balaban J connectivity index is 2.05. The fourth-order valence-electron chi connectivity index (χ4n) is 1.44. The summed E-state index contributed by atoms with van der Waals surface area (Å²) >= 11 is 5.79. The molecule has 0 bridgehead atoms. The molecule has 0 amide bonds. The van der Waals surface area contributed by atoms with Crippen LogP contribution in [0.15, 0.2) is 34.9 Å². The van der Waals surface area contributed by atoms with Crippen molar-refractivity contribution < 1.29 is 9.52 Å². The van der Waals surface area contributed by atoms with Gasteiger partial charge in [-0.25, -0.2) is 4.98 Å². The Labute approximate surface area is 98.7 Å². The molecule has 4 heteroatoms. The van der Waals surface area contributed by atoms with Crippen LogP contribution >= 0.6 is 11.6 Å². The van der Waals surface area contributed by atoms with Crippen LogP contribution in [0.1, 0.15) is 17.1 Å². The Kier molecular flexibility index (Phi) is 3.59. The third kappa shape index (κ3) is 2.84. The van der Waals surface area contributed by atoms with Gasteiger partial charge in [0.05, 0.1) is 5.69 Å². The van der Waals surface area contributed by atoms with E-state index < -0.39 is 0 Å². The van der Waals surface area contributed by atoms with E-state index in [1.54, 1.807) is 6.26 Å². The number of aliphatic hydroxyl groups is 1. The van der Waals surface area contributed by atoms with Crippen molar-refractivity contribution in [2.24, 2.45) is 0 Å². The zero-order valence-electron chi connectivity index (χ0n) is 8.69. The standard InChI is InChI=1S/C12H12ClNO2/c13-10-3-1-9(2-4-10)7-12-14-11(5-6-15)8-16-12/h1-4,8,15H,5-7H2. The summed E-state index contributed by atoms with van der Waals surface area (Å²) in [6.07, 6.45) is 2.76. The van der Waals surface area contributed by atoms with Crippen LogP contribution in [-0.2, 0) is 12.8 Å². The van der Waals surface area contributed by atoms with E-state index in [0.717, 1.165) is 16.3 Å². The van der Waals surface area contributed by atoms with Crippen molar-refractivity contribution in [1.82, 2.24) is 4.98 Å². The van der Waals surface area contributed by atoms with Crippen LogP contribution in [0, 0.1) is 0 Å². The molecule has 1 N–H and O–H groups in total. The van der Waals surface area contributed by atoms with Crippen LogP contribution < -0.4 is 0 Å². The van der Waals surface area contributed by atoms with Crippen molar-refractivity contribution in [2.45, 2.75) is 12.8 Å². The highest BCUT2D eigenvalue weighted by Gasteiger charge is 2.04. The number of benzene rings is 1. The highest BCUT2D eigenvalue weighted by molar-refractivity contribution is 6.30. The molecule has 1 heterocycles. The van der Waals surface area contributed by atoms with Crippen LogP contribution in [0.5, 0.6) is 0 Å². The molecule has 0 spiro atoms. The highest BCUT2D eigenvalue weighted by Crippen LogP contribution is 2.13. The lowest BCUT2D eigenvalue weighted by Crippen LogP contribution is -1.92. The van der Waals surface area contributed by atoms with Gasteiger partial charge in [0.1, 0.15) is 6.26 Å². The molecule has 0 aliphatic carbocycles. The average Bonchev–Trinajstić information content (AvgIpc) is 2.70. The molecule has 84 valence electrons. The zero-order valence-corrected chi connectivity index (χ0v) is 9.44. The van der Waals surface area contributed by atoms with Crippen LogP contribution in [0.25, 0.3) is 0 Å². The van der Waals surface area contributed by atoms with Crippen LogP contribution in [0.4, 0.5) is 0 Å². The first kappa shape index (κ1) is 11.2. The Morgan fingerprint density at radius 3 is 2.69 bits per heavy atom. The fourth-order valence-corrected chi connectivity index (χ4v) is 1.56. The van der Waals surface area contributed by atoms with E-state index in [0.29, 0.717) is 18.7 Å². The summed E-state index contributed by atoms with van der Waals surface area (Å²) in [5.41, 5.74) is 1.88. The molecule has 0 radical (unpaired) electrons. The topological polar surface area (TPSA) is 46.3 Å². The number of aliphatic hydroxyl groups excluding tert-OH is 1. The minimum absolute atomic E-state index is 0.0902. The second-order valence-electron chi connectivity index (χ2n) is 3.51. The second kappa shape index (κ2) is 5.14. The van der Waals surface area contributed by atoms with Crippen LogP contribution in [0.2, 0.25) is 5.02 Å². The first-order valence-electron chi connectivity index (χ1n) is 5.06. The summed E-state index contributed by atoms with van der Waals surface area (Å²) < 4.78 is 5.30. The maximum absolute atomic E-state index is 8.75. The third-order valence-electron chi connectivity index (χ3n) is 2.24. The van der Waals surface area contributed by atoms with Crippen LogP contribution in [0.3, 0.4) is 0 Å². The lowest BCUT2D eigenvalue weighted by molar-refractivity contribution is 0.298. The van der Waals surface area contributed by atoms with Crippen molar-refractivity contribution in [3.8, 4) is 0 Å². The summed E-state index contributed by atoms with van der Waals surface area (Å²) in [5, 5.41) is 9.47. The number of aromatic nitrogens is 1.